The maximum absolute atomic E-state index is 12.1. The van der Waals surface area contributed by atoms with Crippen molar-refractivity contribution in [1.82, 2.24) is 4.98 Å². The Hall–Kier alpha value is -1.10. The Kier molecular flexibility index (Phi) is 4.09. The van der Waals surface area contributed by atoms with Gasteiger partial charge in [-0.15, -0.1) is 11.3 Å². The number of hydrogen-bond donors (Lipinski definition) is 0. The summed E-state index contributed by atoms with van der Waals surface area (Å²) in [5, 5.41) is 3.00. The van der Waals surface area contributed by atoms with E-state index in [4.69, 9.17) is 9.72 Å². The zero-order valence-corrected chi connectivity index (χ0v) is 13.8. The van der Waals surface area contributed by atoms with Gasteiger partial charge in [-0.25, -0.2) is 4.98 Å². The Morgan fingerprint density at radius 3 is 2.80 bits per heavy atom. The van der Waals surface area contributed by atoms with E-state index in [1.165, 1.54) is 12.8 Å². The van der Waals surface area contributed by atoms with Gasteiger partial charge in [0.25, 0.3) is 0 Å². The molecule has 1 aromatic heterocycles. The van der Waals surface area contributed by atoms with Crippen LogP contribution in [0.1, 0.15) is 53.2 Å². The summed E-state index contributed by atoms with van der Waals surface area (Å²) in [6.07, 6.45) is 2.38. The van der Waals surface area contributed by atoms with Crippen molar-refractivity contribution in [3.05, 3.63) is 11.1 Å². The van der Waals surface area contributed by atoms with E-state index in [0.29, 0.717) is 6.61 Å². The van der Waals surface area contributed by atoms with Crippen LogP contribution in [0.15, 0.2) is 5.38 Å². The van der Waals surface area contributed by atoms with Gasteiger partial charge in [-0.3, -0.25) is 4.79 Å². The quantitative estimate of drug-likeness (QED) is 0.799. The van der Waals surface area contributed by atoms with Crippen molar-refractivity contribution in [2.75, 3.05) is 18.1 Å². The highest BCUT2D eigenvalue weighted by atomic mass is 32.1. The summed E-state index contributed by atoms with van der Waals surface area (Å²) in [4.78, 5) is 19.1. The van der Waals surface area contributed by atoms with Crippen LogP contribution in [0, 0.1) is 0 Å². The molecular weight excluding hydrogens is 272 g/mol. The predicted octanol–water partition coefficient (Wildman–Crippen LogP) is 3.36. The van der Waals surface area contributed by atoms with Gasteiger partial charge in [0.05, 0.1) is 12.3 Å². The Morgan fingerprint density at radius 1 is 1.55 bits per heavy atom. The first-order chi connectivity index (χ1) is 9.29. The molecule has 1 aromatic rings. The van der Waals surface area contributed by atoms with E-state index in [1.807, 2.05) is 26.2 Å². The largest absolute Gasteiger partial charge is 0.465 e. The molecule has 2 heterocycles. The van der Waals surface area contributed by atoms with Crippen molar-refractivity contribution in [1.29, 1.82) is 0 Å². The van der Waals surface area contributed by atoms with E-state index >= 15 is 0 Å². The standard InChI is InChI=1S/C15H24N2O2S/c1-6-19-12(18)15(4,5)11-10-20-13(16-11)17-9-7-8-14(17,2)3/h10H,6-9H2,1-5H3. The first-order valence-corrected chi connectivity index (χ1v) is 8.08. The molecule has 0 aliphatic carbocycles. The van der Waals surface area contributed by atoms with Gasteiger partial charge in [0.1, 0.15) is 5.41 Å². The van der Waals surface area contributed by atoms with Gasteiger partial charge in [0, 0.05) is 17.5 Å². The summed E-state index contributed by atoms with van der Waals surface area (Å²) in [7, 11) is 0. The number of rotatable bonds is 4. The lowest BCUT2D eigenvalue weighted by Gasteiger charge is -2.31. The predicted molar refractivity (Wildman–Crippen MR) is 82.4 cm³/mol. The topological polar surface area (TPSA) is 42.4 Å². The third-order valence-electron chi connectivity index (χ3n) is 4.05. The maximum atomic E-state index is 12.1. The monoisotopic (exact) mass is 296 g/mol. The second-order valence-electron chi connectivity index (χ2n) is 6.43. The van der Waals surface area contributed by atoms with E-state index in [1.54, 1.807) is 11.3 Å². The number of carbonyl (C=O) groups excluding carboxylic acids is 1. The lowest BCUT2D eigenvalue weighted by atomic mass is 9.90. The molecule has 1 aliphatic heterocycles. The second kappa shape index (κ2) is 5.35. The number of nitrogens with zero attached hydrogens (tertiary/aromatic N) is 2. The van der Waals surface area contributed by atoms with Crippen molar-refractivity contribution < 1.29 is 9.53 Å². The highest BCUT2D eigenvalue weighted by Crippen LogP contribution is 2.37. The summed E-state index contributed by atoms with van der Waals surface area (Å²) in [6.45, 7) is 11.5. The minimum Gasteiger partial charge on any atom is -0.465 e. The molecule has 1 fully saturated rings. The van der Waals surface area contributed by atoms with Gasteiger partial charge in [-0.2, -0.15) is 0 Å². The molecule has 0 amide bonds. The third kappa shape index (κ3) is 2.68. The lowest BCUT2D eigenvalue weighted by molar-refractivity contribution is -0.148. The summed E-state index contributed by atoms with van der Waals surface area (Å²) in [5.41, 5.74) is 0.274. The molecular formula is C15H24N2O2S. The molecule has 5 heteroatoms. The van der Waals surface area contributed by atoms with Gasteiger partial charge in [-0.1, -0.05) is 0 Å². The number of carbonyl (C=O) groups is 1. The van der Waals surface area contributed by atoms with Gasteiger partial charge >= 0.3 is 5.97 Å². The van der Waals surface area contributed by atoms with E-state index < -0.39 is 5.41 Å². The third-order valence-corrected chi connectivity index (χ3v) is 4.91. The van der Waals surface area contributed by atoms with Crippen molar-refractivity contribution >= 4 is 22.4 Å². The van der Waals surface area contributed by atoms with Crippen molar-refractivity contribution in [2.45, 2.75) is 58.4 Å². The van der Waals surface area contributed by atoms with E-state index in [9.17, 15) is 4.79 Å². The van der Waals surface area contributed by atoms with Crippen LogP contribution in [-0.4, -0.2) is 29.6 Å². The minimum atomic E-state index is -0.686. The van der Waals surface area contributed by atoms with E-state index in [2.05, 4.69) is 18.7 Å². The molecule has 2 rings (SSSR count). The Bertz CT molecular complexity index is 494. The second-order valence-corrected chi connectivity index (χ2v) is 7.26. The van der Waals surface area contributed by atoms with Crippen LogP contribution in [0.2, 0.25) is 0 Å². The van der Waals surface area contributed by atoms with Crippen molar-refractivity contribution in [3.63, 3.8) is 0 Å². The average Bonchev–Trinajstić information content (AvgIpc) is 2.95. The normalized spacial score (nSPS) is 18.4. The fourth-order valence-electron chi connectivity index (χ4n) is 2.55. The molecule has 112 valence electrons. The number of aromatic nitrogens is 1. The van der Waals surface area contributed by atoms with Crippen molar-refractivity contribution in [3.8, 4) is 0 Å². The van der Waals surface area contributed by atoms with Gasteiger partial charge < -0.3 is 9.64 Å². The molecule has 0 radical (unpaired) electrons. The molecule has 0 bridgehead atoms. The molecule has 1 saturated heterocycles. The SMILES string of the molecule is CCOC(=O)C(C)(C)c1csc(N2CCCC2(C)C)n1. The fraction of sp³-hybridized carbons (Fsp3) is 0.733. The lowest BCUT2D eigenvalue weighted by Crippen LogP contribution is -2.38. The van der Waals surface area contributed by atoms with Crippen LogP contribution in [-0.2, 0) is 14.9 Å². The highest BCUT2D eigenvalue weighted by Gasteiger charge is 2.37. The number of thiazole rings is 1. The van der Waals surface area contributed by atoms with Gasteiger partial charge in [0.15, 0.2) is 5.13 Å². The Morgan fingerprint density at radius 2 is 2.25 bits per heavy atom. The minimum absolute atomic E-state index is 0.156. The number of esters is 1. The molecule has 1 aliphatic rings. The Labute approximate surface area is 125 Å². The maximum Gasteiger partial charge on any atom is 0.317 e. The van der Waals surface area contributed by atoms with E-state index in [-0.39, 0.29) is 11.5 Å². The first-order valence-electron chi connectivity index (χ1n) is 7.20. The molecule has 0 spiro atoms. The van der Waals surface area contributed by atoms with Gasteiger partial charge in [0.2, 0.25) is 0 Å². The molecule has 4 nitrogen and oxygen atoms in total. The zero-order valence-electron chi connectivity index (χ0n) is 13.0. The molecule has 0 aromatic carbocycles. The fourth-order valence-corrected chi connectivity index (χ4v) is 3.73. The van der Waals surface area contributed by atoms with Crippen LogP contribution in [0.4, 0.5) is 5.13 Å². The summed E-state index contributed by atoms with van der Waals surface area (Å²) < 4.78 is 5.15. The Balaban J connectivity index is 2.23. The molecule has 0 atom stereocenters. The van der Waals surface area contributed by atoms with E-state index in [0.717, 1.165) is 17.4 Å². The molecule has 0 saturated carbocycles. The highest BCUT2D eigenvalue weighted by molar-refractivity contribution is 7.13. The number of hydrogen-bond acceptors (Lipinski definition) is 5. The van der Waals surface area contributed by atoms with Crippen LogP contribution < -0.4 is 4.90 Å². The zero-order chi connectivity index (χ0) is 15.0. The van der Waals surface area contributed by atoms with Crippen molar-refractivity contribution in [2.24, 2.45) is 0 Å². The molecule has 0 N–H and O–H groups in total. The van der Waals surface area contributed by atoms with Crippen LogP contribution in [0.5, 0.6) is 0 Å². The van der Waals surface area contributed by atoms with Crippen LogP contribution in [0.25, 0.3) is 0 Å². The number of ether oxygens (including phenoxy) is 1. The summed E-state index contributed by atoms with van der Waals surface area (Å²) in [6, 6.07) is 0. The first kappa shape index (κ1) is 15.3. The number of anilines is 1. The molecule has 20 heavy (non-hydrogen) atoms. The van der Waals surface area contributed by atoms with Crippen LogP contribution in [0.3, 0.4) is 0 Å². The summed E-state index contributed by atoms with van der Waals surface area (Å²) in [5.74, 6) is -0.211. The summed E-state index contributed by atoms with van der Waals surface area (Å²) >= 11 is 1.62. The van der Waals surface area contributed by atoms with Gasteiger partial charge in [-0.05, 0) is 47.5 Å². The van der Waals surface area contributed by atoms with Crippen LogP contribution >= 0.6 is 11.3 Å². The average molecular weight is 296 g/mol. The molecule has 0 unspecified atom stereocenters. The smallest absolute Gasteiger partial charge is 0.317 e.